The van der Waals surface area contributed by atoms with E-state index in [2.05, 4.69) is 4.98 Å². The number of pyridine rings is 1. The standard InChI is InChI=1S/C7H10N2O2/c1-11-7-4-2-3-6(9-7)5-8-10/h2-4,8,10H,5H2,1H3. The molecule has 1 aromatic rings. The molecule has 0 aromatic carbocycles. The summed E-state index contributed by atoms with van der Waals surface area (Å²) >= 11 is 0. The molecule has 4 nitrogen and oxygen atoms in total. The zero-order valence-corrected chi connectivity index (χ0v) is 6.24. The molecule has 0 saturated heterocycles. The molecule has 0 aliphatic carbocycles. The van der Waals surface area contributed by atoms with Gasteiger partial charge < -0.3 is 9.94 Å². The van der Waals surface area contributed by atoms with Gasteiger partial charge in [-0.15, -0.1) is 0 Å². The summed E-state index contributed by atoms with van der Waals surface area (Å²) in [6.07, 6.45) is 0. The molecule has 0 amide bonds. The van der Waals surface area contributed by atoms with Crippen molar-refractivity contribution in [2.75, 3.05) is 7.11 Å². The summed E-state index contributed by atoms with van der Waals surface area (Å²) in [5.74, 6) is 0.553. The zero-order chi connectivity index (χ0) is 8.10. The number of aromatic nitrogens is 1. The van der Waals surface area contributed by atoms with Gasteiger partial charge in [0.25, 0.3) is 0 Å². The number of methoxy groups -OCH3 is 1. The summed E-state index contributed by atoms with van der Waals surface area (Å²) < 4.78 is 4.88. The Balaban J connectivity index is 2.74. The molecule has 0 aliphatic heterocycles. The molecule has 4 heteroatoms. The summed E-state index contributed by atoms with van der Waals surface area (Å²) in [7, 11) is 1.55. The van der Waals surface area contributed by atoms with Gasteiger partial charge in [-0.2, -0.15) is 5.48 Å². The van der Waals surface area contributed by atoms with Crippen LogP contribution >= 0.6 is 0 Å². The summed E-state index contributed by atoms with van der Waals surface area (Å²) in [6, 6.07) is 5.37. The first-order valence-corrected chi connectivity index (χ1v) is 3.23. The molecule has 1 heterocycles. The van der Waals surface area contributed by atoms with Crippen LogP contribution in [-0.4, -0.2) is 17.3 Å². The summed E-state index contributed by atoms with van der Waals surface area (Å²) in [5, 5.41) is 8.35. The molecule has 0 radical (unpaired) electrons. The van der Waals surface area contributed by atoms with Gasteiger partial charge in [0.1, 0.15) is 0 Å². The third-order valence-electron chi connectivity index (χ3n) is 1.25. The highest BCUT2D eigenvalue weighted by Crippen LogP contribution is 2.05. The largest absolute Gasteiger partial charge is 0.481 e. The predicted octanol–water partition coefficient (Wildman–Crippen LogP) is 0.569. The molecule has 0 unspecified atom stereocenters. The molecule has 60 valence electrons. The lowest BCUT2D eigenvalue weighted by Gasteiger charge is -2.00. The molecule has 11 heavy (non-hydrogen) atoms. The maximum Gasteiger partial charge on any atom is 0.213 e. The summed E-state index contributed by atoms with van der Waals surface area (Å²) in [6.45, 7) is 0.331. The van der Waals surface area contributed by atoms with Crippen LogP contribution < -0.4 is 10.2 Å². The van der Waals surface area contributed by atoms with Crippen molar-refractivity contribution in [1.82, 2.24) is 10.5 Å². The third kappa shape index (κ3) is 2.18. The van der Waals surface area contributed by atoms with E-state index < -0.39 is 0 Å². The van der Waals surface area contributed by atoms with Crippen LogP contribution in [0.4, 0.5) is 0 Å². The van der Waals surface area contributed by atoms with Crippen LogP contribution in [-0.2, 0) is 6.54 Å². The number of nitrogens with one attached hydrogen (secondary N) is 1. The molecule has 0 fully saturated rings. The van der Waals surface area contributed by atoms with Gasteiger partial charge in [0.05, 0.1) is 19.3 Å². The van der Waals surface area contributed by atoms with Crippen molar-refractivity contribution in [3.63, 3.8) is 0 Å². The maximum atomic E-state index is 8.35. The van der Waals surface area contributed by atoms with Crippen molar-refractivity contribution in [3.8, 4) is 5.88 Å². The van der Waals surface area contributed by atoms with E-state index in [1.165, 1.54) is 0 Å². The molecule has 2 N–H and O–H groups in total. The van der Waals surface area contributed by atoms with Gasteiger partial charge in [-0.1, -0.05) is 6.07 Å². The summed E-state index contributed by atoms with van der Waals surface area (Å²) in [4.78, 5) is 4.04. The van der Waals surface area contributed by atoms with Crippen LogP contribution in [0.5, 0.6) is 5.88 Å². The van der Waals surface area contributed by atoms with E-state index in [1.807, 2.05) is 11.5 Å². The van der Waals surface area contributed by atoms with Crippen LogP contribution in [0.2, 0.25) is 0 Å². The Morgan fingerprint density at radius 3 is 3.09 bits per heavy atom. The molecule has 0 aliphatic rings. The van der Waals surface area contributed by atoms with Crippen molar-refractivity contribution in [2.45, 2.75) is 6.54 Å². The molecule has 1 aromatic heterocycles. The van der Waals surface area contributed by atoms with Gasteiger partial charge in [0, 0.05) is 6.07 Å². The van der Waals surface area contributed by atoms with Crippen molar-refractivity contribution in [1.29, 1.82) is 0 Å². The van der Waals surface area contributed by atoms with Crippen LogP contribution in [0.3, 0.4) is 0 Å². The number of hydrogen-bond acceptors (Lipinski definition) is 4. The maximum absolute atomic E-state index is 8.35. The second-order valence-electron chi connectivity index (χ2n) is 2.01. The highest BCUT2D eigenvalue weighted by atomic mass is 16.5. The number of ether oxygens (including phenoxy) is 1. The minimum atomic E-state index is 0.331. The van der Waals surface area contributed by atoms with Gasteiger partial charge in [0.15, 0.2) is 0 Å². The number of hydrogen-bond donors (Lipinski definition) is 2. The van der Waals surface area contributed by atoms with Gasteiger partial charge >= 0.3 is 0 Å². The second-order valence-corrected chi connectivity index (χ2v) is 2.01. The van der Waals surface area contributed by atoms with Gasteiger partial charge in [-0.25, -0.2) is 4.98 Å². The predicted molar refractivity (Wildman–Crippen MR) is 39.4 cm³/mol. The van der Waals surface area contributed by atoms with E-state index in [4.69, 9.17) is 9.94 Å². The topological polar surface area (TPSA) is 54.4 Å². The van der Waals surface area contributed by atoms with Crippen LogP contribution in [0.1, 0.15) is 5.69 Å². The van der Waals surface area contributed by atoms with E-state index in [0.29, 0.717) is 12.4 Å². The van der Waals surface area contributed by atoms with Crippen molar-refractivity contribution >= 4 is 0 Å². The average Bonchev–Trinajstić information content (AvgIpc) is 2.06. The monoisotopic (exact) mass is 154 g/mol. The number of rotatable bonds is 3. The smallest absolute Gasteiger partial charge is 0.213 e. The Labute approximate surface area is 64.8 Å². The SMILES string of the molecule is COc1cccc(CNO)n1. The lowest BCUT2D eigenvalue weighted by molar-refractivity contribution is 0.159. The normalized spacial score (nSPS) is 9.64. The Bertz CT molecular complexity index is 227. The molecule has 1 rings (SSSR count). The van der Waals surface area contributed by atoms with Gasteiger partial charge in [-0.3, -0.25) is 0 Å². The van der Waals surface area contributed by atoms with Crippen LogP contribution in [0, 0.1) is 0 Å². The first-order valence-electron chi connectivity index (χ1n) is 3.23. The summed E-state index contributed by atoms with van der Waals surface area (Å²) in [5.41, 5.74) is 2.76. The fourth-order valence-electron chi connectivity index (χ4n) is 0.751. The Morgan fingerprint density at radius 2 is 2.45 bits per heavy atom. The lowest BCUT2D eigenvalue weighted by atomic mass is 10.3. The highest BCUT2D eigenvalue weighted by Gasteiger charge is 1.94. The van der Waals surface area contributed by atoms with Crippen molar-refractivity contribution < 1.29 is 9.94 Å². The first-order chi connectivity index (χ1) is 5.36. The minimum Gasteiger partial charge on any atom is -0.481 e. The molecule has 0 spiro atoms. The second kappa shape index (κ2) is 3.90. The van der Waals surface area contributed by atoms with Gasteiger partial charge in [0.2, 0.25) is 5.88 Å². The van der Waals surface area contributed by atoms with E-state index in [-0.39, 0.29) is 0 Å². The molecule has 0 bridgehead atoms. The van der Waals surface area contributed by atoms with Crippen LogP contribution in [0.25, 0.3) is 0 Å². The van der Waals surface area contributed by atoms with E-state index >= 15 is 0 Å². The highest BCUT2D eigenvalue weighted by molar-refractivity contribution is 5.15. The fraction of sp³-hybridized carbons (Fsp3) is 0.286. The van der Waals surface area contributed by atoms with Crippen LogP contribution in [0.15, 0.2) is 18.2 Å². The minimum absolute atomic E-state index is 0.331. The first kappa shape index (κ1) is 7.97. The zero-order valence-electron chi connectivity index (χ0n) is 6.24. The Morgan fingerprint density at radius 1 is 1.64 bits per heavy atom. The lowest BCUT2D eigenvalue weighted by Crippen LogP contribution is -2.07. The van der Waals surface area contributed by atoms with E-state index in [0.717, 1.165) is 5.69 Å². The quantitative estimate of drug-likeness (QED) is 0.625. The fourth-order valence-corrected chi connectivity index (χ4v) is 0.751. The molecule has 0 atom stereocenters. The molecular weight excluding hydrogens is 144 g/mol. The molecular formula is C7H10N2O2. The Hall–Kier alpha value is -1.13. The Kier molecular flexibility index (Phi) is 2.83. The third-order valence-corrected chi connectivity index (χ3v) is 1.25. The van der Waals surface area contributed by atoms with Crippen molar-refractivity contribution in [3.05, 3.63) is 23.9 Å². The molecule has 0 saturated carbocycles. The van der Waals surface area contributed by atoms with E-state index in [1.54, 1.807) is 19.2 Å². The number of hydroxylamine groups is 1. The van der Waals surface area contributed by atoms with Gasteiger partial charge in [-0.05, 0) is 6.07 Å². The number of nitrogens with zero attached hydrogens (tertiary/aromatic N) is 1. The van der Waals surface area contributed by atoms with E-state index in [9.17, 15) is 0 Å². The van der Waals surface area contributed by atoms with Crippen molar-refractivity contribution in [2.24, 2.45) is 0 Å². The average molecular weight is 154 g/mol.